The van der Waals surface area contributed by atoms with Crippen molar-refractivity contribution in [3.8, 4) is 0 Å². The van der Waals surface area contributed by atoms with Crippen LogP contribution >= 0.6 is 10.7 Å². The molecule has 0 aliphatic carbocycles. The summed E-state index contributed by atoms with van der Waals surface area (Å²) >= 11 is 0. The van der Waals surface area contributed by atoms with E-state index >= 15 is 0 Å². The molecule has 0 N–H and O–H groups in total. The van der Waals surface area contributed by atoms with Gasteiger partial charge in [0.25, 0.3) is 15.0 Å². The van der Waals surface area contributed by atoms with Crippen LogP contribution in [0.15, 0.2) is 23.1 Å². The molecule has 2 rings (SSSR count). The van der Waals surface area contributed by atoms with Gasteiger partial charge in [-0.05, 0) is 37.0 Å². The Kier molecular flexibility index (Phi) is 5.27. The van der Waals surface area contributed by atoms with E-state index in [0.29, 0.717) is 12.0 Å². The van der Waals surface area contributed by atoms with Crippen molar-refractivity contribution in [2.75, 3.05) is 13.1 Å². The molecule has 1 fully saturated rings. The maximum atomic E-state index is 12.7. The smallest absolute Gasteiger partial charge is 0.261 e. The largest absolute Gasteiger partial charge is 0.339 e. The van der Waals surface area contributed by atoms with Crippen LogP contribution in [-0.2, 0) is 15.5 Å². The Morgan fingerprint density at radius 3 is 2.33 bits per heavy atom. The lowest BCUT2D eigenvalue weighted by atomic mass is 10.0. The highest BCUT2D eigenvalue weighted by molar-refractivity contribution is 8.13. The minimum Gasteiger partial charge on any atom is -0.339 e. The molecular weight excluding hydrogens is 310 g/mol. The van der Waals surface area contributed by atoms with Crippen LogP contribution in [-0.4, -0.2) is 32.3 Å². The molecule has 0 atom stereocenters. The topological polar surface area (TPSA) is 54.5 Å². The Balaban J connectivity index is 2.38. The van der Waals surface area contributed by atoms with E-state index in [4.69, 9.17) is 10.7 Å². The number of carbonyl (C=O) groups is 1. The van der Waals surface area contributed by atoms with Gasteiger partial charge < -0.3 is 4.90 Å². The SMILES string of the molecule is CCc1ccc(S(=O)(=O)Cl)cc1C(=O)N1CCCCCC1. The molecule has 0 aromatic heterocycles. The fourth-order valence-electron chi connectivity index (χ4n) is 2.66. The fraction of sp³-hybridized carbons (Fsp3) is 0.533. The van der Waals surface area contributed by atoms with Gasteiger partial charge in [-0.1, -0.05) is 25.8 Å². The summed E-state index contributed by atoms with van der Waals surface area (Å²) in [6, 6.07) is 4.55. The molecular formula is C15H20ClNO3S. The quantitative estimate of drug-likeness (QED) is 0.800. The van der Waals surface area contributed by atoms with Gasteiger partial charge in [0.1, 0.15) is 0 Å². The number of hydrogen-bond donors (Lipinski definition) is 0. The number of likely N-dealkylation sites (tertiary alicyclic amines) is 1. The van der Waals surface area contributed by atoms with Gasteiger partial charge in [-0.15, -0.1) is 0 Å². The average molecular weight is 330 g/mol. The van der Waals surface area contributed by atoms with E-state index in [2.05, 4.69) is 0 Å². The lowest BCUT2D eigenvalue weighted by Crippen LogP contribution is -2.32. The second-order valence-electron chi connectivity index (χ2n) is 5.32. The van der Waals surface area contributed by atoms with Gasteiger partial charge in [0, 0.05) is 29.3 Å². The zero-order valence-corrected chi connectivity index (χ0v) is 13.7. The van der Waals surface area contributed by atoms with Gasteiger partial charge in [-0.2, -0.15) is 0 Å². The van der Waals surface area contributed by atoms with Gasteiger partial charge in [0.15, 0.2) is 0 Å². The van der Waals surface area contributed by atoms with Crippen LogP contribution in [0.25, 0.3) is 0 Å². The standard InChI is InChI=1S/C15H20ClNO3S/c1-2-12-7-8-13(21(16,19)20)11-14(12)15(18)17-9-5-3-4-6-10-17/h7-8,11H,2-6,9-10H2,1H3. The molecule has 1 aromatic rings. The van der Waals surface area contributed by atoms with Crippen LogP contribution < -0.4 is 0 Å². The highest BCUT2D eigenvalue weighted by atomic mass is 35.7. The van der Waals surface area contributed by atoms with Gasteiger partial charge in [0.05, 0.1) is 4.90 Å². The van der Waals surface area contributed by atoms with Gasteiger partial charge in [0.2, 0.25) is 0 Å². The highest BCUT2D eigenvalue weighted by Gasteiger charge is 2.22. The second kappa shape index (κ2) is 6.79. The van der Waals surface area contributed by atoms with Crippen LogP contribution in [0.1, 0.15) is 48.5 Å². The summed E-state index contributed by atoms with van der Waals surface area (Å²) in [5.41, 5.74) is 1.31. The maximum Gasteiger partial charge on any atom is 0.261 e. The summed E-state index contributed by atoms with van der Waals surface area (Å²) in [7, 11) is 1.57. The Morgan fingerprint density at radius 1 is 1.19 bits per heavy atom. The van der Waals surface area contributed by atoms with Crippen molar-refractivity contribution in [2.45, 2.75) is 43.9 Å². The van der Waals surface area contributed by atoms with Crippen LogP contribution in [0.2, 0.25) is 0 Å². The third-order valence-electron chi connectivity index (χ3n) is 3.87. The van der Waals surface area contributed by atoms with Crippen molar-refractivity contribution >= 4 is 25.6 Å². The highest BCUT2D eigenvalue weighted by Crippen LogP contribution is 2.22. The summed E-state index contributed by atoms with van der Waals surface area (Å²) in [4.78, 5) is 14.5. The number of benzene rings is 1. The maximum absolute atomic E-state index is 12.7. The molecule has 21 heavy (non-hydrogen) atoms. The van der Waals surface area contributed by atoms with Gasteiger partial charge in [-0.25, -0.2) is 8.42 Å². The summed E-state index contributed by atoms with van der Waals surface area (Å²) in [5, 5.41) is 0. The predicted molar refractivity (Wildman–Crippen MR) is 83.2 cm³/mol. The first-order valence-electron chi connectivity index (χ1n) is 7.30. The minimum atomic E-state index is -3.82. The number of aryl methyl sites for hydroxylation is 1. The first kappa shape index (κ1) is 16.3. The van der Waals surface area contributed by atoms with Crippen molar-refractivity contribution < 1.29 is 13.2 Å². The molecule has 4 nitrogen and oxygen atoms in total. The van der Waals surface area contributed by atoms with Crippen LogP contribution in [0.5, 0.6) is 0 Å². The van der Waals surface area contributed by atoms with E-state index < -0.39 is 9.05 Å². The number of rotatable bonds is 3. The van der Waals surface area contributed by atoms with E-state index in [1.54, 1.807) is 6.07 Å². The molecule has 1 aliphatic rings. The lowest BCUT2D eigenvalue weighted by molar-refractivity contribution is 0.0760. The molecule has 1 aromatic carbocycles. The van der Waals surface area contributed by atoms with E-state index in [1.807, 2.05) is 11.8 Å². The van der Waals surface area contributed by atoms with Crippen molar-refractivity contribution in [3.05, 3.63) is 29.3 Å². The molecule has 1 saturated heterocycles. The monoisotopic (exact) mass is 329 g/mol. The molecule has 1 heterocycles. The van der Waals surface area contributed by atoms with Gasteiger partial charge >= 0.3 is 0 Å². The number of amides is 1. The molecule has 1 amide bonds. The number of carbonyl (C=O) groups excluding carboxylic acids is 1. The van der Waals surface area contributed by atoms with Crippen LogP contribution in [0.3, 0.4) is 0 Å². The van der Waals surface area contributed by atoms with Crippen molar-refractivity contribution in [1.82, 2.24) is 4.90 Å². The zero-order valence-electron chi connectivity index (χ0n) is 12.1. The van der Waals surface area contributed by atoms with Gasteiger partial charge in [-0.3, -0.25) is 4.79 Å². The molecule has 116 valence electrons. The first-order chi connectivity index (χ1) is 9.93. The molecule has 0 unspecified atom stereocenters. The van der Waals surface area contributed by atoms with Crippen molar-refractivity contribution in [1.29, 1.82) is 0 Å². The molecule has 0 radical (unpaired) electrons. The molecule has 6 heteroatoms. The minimum absolute atomic E-state index is 0.0143. The molecule has 1 aliphatic heterocycles. The van der Waals surface area contributed by atoms with Crippen LogP contribution in [0, 0.1) is 0 Å². The predicted octanol–water partition coefficient (Wildman–Crippen LogP) is 3.19. The van der Waals surface area contributed by atoms with E-state index in [1.165, 1.54) is 12.1 Å². The second-order valence-corrected chi connectivity index (χ2v) is 7.88. The third kappa shape index (κ3) is 3.98. The molecule has 0 bridgehead atoms. The number of nitrogens with zero attached hydrogens (tertiary/aromatic N) is 1. The molecule has 0 spiro atoms. The van der Waals surface area contributed by atoms with E-state index in [0.717, 1.165) is 44.3 Å². The summed E-state index contributed by atoms with van der Waals surface area (Å²) < 4.78 is 23.0. The average Bonchev–Trinajstić information content (AvgIpc) is 2.74. The van der Waals surface area contributed by atoms with E-state index in [-0.39, 0.29) is 10.8 Å². The van der Waals surface area contributed by atoms with Crippen molar-refractivity contribution in [2.24, 2.45) is 0 Å². The Labute approximate surface area is 130 Å². The number of hydrogen-bond acceptors (Lipinski definition) is 3. The Bertz CT molecular complexity index is 620. The Morgan fingerprint density at radius 2 is 1.81 bits per heavy atom. The Hall–Kier alpha value is -1.07. The summed E-state index contributed by atoms with van der Waals surface area (Å²) in [6.07, 6.45) is 4.96. The first-order valence-corrected chi connectivity index (χ1v) is 9.61. The summed E-state index contributed by atoms with van der Waals surface area (Å²) in [6.45, 7) is 3.42. The van der Waals surface area contributed by atoms with E-state index in [9.17, 15) is 13.2 Å². The normalized spacial score (nSPS) is 16.6. The fourth-order valence-corrected chi connectivity index (χ4v) is 3.44. The molecule has 0 saturated carbocycles. The number of halogens is 1. The third-order valence-corrected chi connectivity index (χ3v) is 5.22. The van der Waals surface area contributed by atoms with Crippen LogP contribution in [0.4, 0.5) is 0 Å². The van der Waals surface area contributed by atoms with Crippen molar-refractivity contribution in [3.63, 3.8) is 0 Å². The summed E-state index contributed by atoms with van der Waals surface area (Å²) in [5.74, 6) is -0.0871. The lowest BCUT2D eigenvalue weighted by Gasteiger charge is -2.22. The zero-order chi connectivity index (χ0) is 15.5.